The van der Waals surface area contributed by atoms with Crippen molar-refractivity contribution in [3.8, 4) is 0 Å². The van der Waals surface area contributed by atoms with Gasteiger partial charge >= 0.3 is 0 Å². The van der Waals surface area contributed by atoms with Gasteiger partial charge in [-0.15, -0.1) is 0 Å². The van der Waals surface area contributed by atoms with Gasteiger partial charge in [-0.05, 0) is 51.1 Å². The van der Waals surface area contributed by atoms with E-state index in [1.54, 1.807) is 12.1 Å². The predicted octanol–water partition coefficient (Wildman–Crippen LogP) is 1.92. The summed E-state index contributed by atoms with van der Waals surface area (Å²) < 4.78 is 0. The second-order valence-corrected chi connectivity index (χ2v) is 4.84. The van der Waals surface area contributed by atoms with Gasteiger partial charge in [0.05, 0.1) is 4.92 Å². The zero-order valence-electron chi connectivity index (χ0n) is 10.5. The molecule has 18 heavy (non-hydrogen) atoms. The van der Waals surface area contributed by atoms with E-state index >= 15 is 0 Å². The van der Waals surface area contributed by atoms with Gasteiger partial charge in [0.1, 0.15) is 5.69 Å². The summed E-state index contributed by atoms with van der Waals surface area (Å²) in [6.07, 6.45) is 0.928. The van der Waals surface area contributed by atoms with Gasteiger partial charge in [0, 0.05) is 17.5 Å². The van der Waals surface area contributed by atoms with E-state index in [1.165, 1.54) is 6.07 Å². The minimum Gasteiger partial charge on any atom is -0.379 e. The predicted molar refractivity (Wildman–Crippen MR) is 74.8 cm³/mol. The second kappa shape index (κ2) is 7.20. The van der Waals surface area contributed by atoms with Crippen LogP contribution in [0.15, 0.2) is 23.1 Å². The van der Waals surface area contributed by atoms with Crippen molar-refractivity contribution < 1.29 is 4.92 Å². The third-order valence-electron chi connectivity index (χ3n) is 2.40. The lowest BCUT2D eigenvalue weighted by molar-refractivity contribution is -0.384. The summed E-state index contributed by atoms with van der Waals surface area (Å²) in [7, 11) is 3.99. The molecule has 0 fully saturated rings. The lowest BCUT2D eigenvalue weighted by atomic mass is 10.2. The molecule has 1 aromatic rings. The molecule has 0 aliphatic rings. The molecule has 0 aromatic heterocycles. The Morgan fingerprint density at radius 2 is 2.22 bits per heavy atom. The van der Waals surface area contributed by atoms with E-state index in [-0.39, 0.29) is 5.69 Å². The molecule has 0 unspecified atom stereocenters. The van der Waals surface area contributed by atoms with Crippen LogP contribution in [0.4, 0.5) is 11.4 Å². The number of benzene rings is 1. The SMILES string of the molecule is CN(C)CCCNc1ccc(SN)cc1[N+](=O)[O-]. The van der Waals surface area contributed by atoms with Gasteiger partial charge in [0.2, 0.25) is 0 Å². The van der Waals surface area contributed by atoms with Gasteiger partial charge in [-0.2, -0.15) is 0 Å². The minimum absolute atomic E-state index is 0.0651. The van der Waals surface area contributed by atoms with Gasteiger partial charge in [0.25, 0.3) is 5.69 Å². The molecule has 6 nitrogen and oxygen atoms in total. The van der Waals surface area contributed by atoms with Gasteiger partial charge in [-0.1, -0.05) is 0 Å². The first-order valence-corrected chi connectivity index (χ1v) is 6.46. The highest BCUT2D eigenvalue weighted by atomic mass is 32.2. The Balaban J connectivity index is 2.67. The highest BCUT2D eigenvalue weighted by molar-refractivity contribution is 7.97. The Morgan fingerprint density at radius 1 is 1.50 bits per heavy atom. The maximum absolute atomic E-state index is 10.9. The van der Waals surface area contributed by atoms with E-state index in [0.29, 0.717) is 17.1 Å². The van der Waals surface area contributed by atoms with E-state index < -0.39 is 4.92 Å². The molecule has 1 aromatic carbocycles. The molecule has 0 heterocycles. The first kappa shape index (κ1) is 14.7. The highest BCUT2D eigenvalue weighted by Gasteiger charge is 2.14. The van der Waals surface area contributed by atoms with Crippen molar-refractivity contribution in [2.45, 2.75) is 11.3 Å². The normalized spacial score (nSPS) is 10.7. The quantitative estimate of drug-likeness (QED) is 0.341. The highest BCUT2D eigenvalue weighted by Crippen LogP contribution is 2.28. The fourth-order valence-corrected chi connectivity index (χ4v) is 1.83. The van der Waals surface area contributed by atoms with E-state index in [2.05, 4.69) is 10.2 Å². The second-order valence-electron chi connectivity index (χ2n) is 4.14. The monoisotopic (exact) mass is 270 g/mol. The summed E-state index contributed by atoms with van der Waals surface area (Å²) >= 11 is 1.00. The molecule has 0 spiro atoms. The minimum atomic E-state index is -0.395. The van der Waals surface area contributed by atoms with Gasteiger partial charge < -0.3 is 10.2 Å². The van der Waals surface area contributed by atoms with Crippen LogP contribution in [-0.2, 0) is 0 Å². The van der Waals surface area contributed by atoms with Crippen LogP contribution in [0.3, 0.4) is 0 Å². The molecule has 0 radical (unpaired) electrons. The molecule has 0 aliphatic carbocycles. The van der Waals surface area contributed by atoms with Gasteiger partial charge in [-0.25, -0.2) is 0 Å². The molecule has 0 amide bonds. The number of nitrogens with zero attached hydrogens (tertiary/aromatic N) is 2. The molecule has 0 saturated heterocycles. The third kappa shape index (κ3) is 4.52. The summed E-state index contributed by atoms with van der Waals surface area (Å²) in [4.78, 5) is 13.3. The molecule has 0 atom stereocenters. The van der Waals surface area contributed by atoms with Crippen LogP contribution < -0.4 is 10.5 Å². The van der Waals surface area contributed by atoms with Crippen molar-refractivity contribution >= 4 is 23.3 Å². The van der Waals surface area contributed by atoms with E-state index in [0.717, 1.165) is 24.9 Å². The largest absolute Gasteiger partial charge is 0.379 e. The Bertz CT molecular complexity index is 412. The lowest BCUT2D eigenvalue weighted by Gasteiger charge is -2.11. The summed E-state index contributed by atoms with van der Waals surface area (Å²) in [5, 5.41) is 19.4. The molecule has 3 N–H and O–H groups in total. The maximum atomic E-state index is 10.9. The van der Waals surface area contributed by atoms with Gasteiger partial charge in [-0.3, -0.25) is 15.3 Å². The lowest BCUT2D eigenvalue weighted by Crippen LogP contribution is -2.16. The number of nitrogens with one attached hydrogen (secondary N) is 1. The Kier molecular flexibility index (Phi) is 5.90. The van der Waals surface area contributed by atoms with Crippen molar-refractivity contribution in [1.82, 2.24) is 4.90 Å². The van der Waals surface area contributed by atoms with E-state index in [9.17, 15) is 10.1 Å². The standard InChI is InChI=1S/C11H18N4O2S/c1-14(2)7-3-6-13-10-5-4-9(18-12)8-11(10)15(16)17/h4-5,8,13H,3,6-7,12H2,1-2H3. The number of nitro benzene ring substituents is 1. The van der Waals surface area contributed by atoms with Crippen LogP contribution >= 0.6 is 11.9 Å². The van der Waals surface area contributed by atoms with E-state index in [4.69, 9.17) is 5.14 Å². The van der Waals surface area contributed by atoms with Gasteiger partial charge in [0.15, 0.2) is 0 Å². The Hall–Kier alpha value is -1.31. The van der Waals surface area contributed by atoms with Crippen molar-refractivity contribution in [3.05, 3.63) is 28.3 Å². The average molecular weight is 270 g/mol. The molecule has 1 rings (SSSR count). The molecule has 100 valence electrons. The van der Waals surface area contributed by atoms with E-state index in [1.807, 2.05) is 14.1 Å². The number of rotatable bonds is 7. The van der Waals surface area contributed by atoms with Crippen LogP contribution in [0.25, 0.3) is 0 Å². The van der Waals surface area contributed by atoms with Crippen molar-refractivity contribution in [3.63, 3.8) is 0 Å². The van der Waals surface area contributed by atoms with Crippen LogP contribution in [0, 0.1) is 10.1 Å². The molecule has 0 bridgehead atoms. The van der Waals surface area contributed by atoms with Crippen LogP contribution in [0.2, 0.25) is 0 Å². The fourth-order valence-electron chi connectivity index (χ4n) is 1.50. The van der Waals surface area contributed by atoms with Crippen LogP contribution in [0.5, 0.6) is 0 Å². The zero-order chi connectivity index (χ0) is 13.5. The third-order valence-corrected chi connectivity index (χ3v) is 2.93. The number of nitrogens with two attached hydrogens (primary N) is 1. The molecular weight excluding hydrogens is 252 g/mol. The maximum Gasteiger partial charge on any atom is 0.293 e. The summed E-state index contributed by atoms with van der Waals surface area (Å²) in [5.41, 5.74) is 0.604. The fraction of sp³-hybridized carbons (Fsp3) is 0.455. The number of anilines is 1. The molecule has 7 heteroatoms. The van der Waals surface area contributed by atoms with Crippen molar-refractivity contribution in [2.75, 3.05) is 32.5 Å². The molecule has 0 saturated carbocycles. The van der Waals surface area contributed by atoms with Crippen LogP contribution in [-0.4, -0.2) is 37.0 Å². The van der Waals surface area contributed by atoms with Crippen molar-refractivity contribution in [1.29, 1.82) is 0 Å². The molecule has 0 aliphatic heterocycles. The first-order chi connectivity index (χ1) is 8.54. The summed E-state index contributed by atoms with van der Waals surface area (Å²) in [6, 6.07) is 4.95. The first-order valence-electron chi connectivity index (χ1n) is 5.58. The van der Waals surface area contributed by atoms with Crippen molar-refractivity contribution in [2.24, 2.45) is 5.14 Å². The summed E-state index contributed by atoms with van der Waals surface area (Å²) in [5.74, 6) is 0. The zero-order valence-corrected chi connectivity index (χ0v) is 11.4. The molecular formula is C11H18N4O2S. The number of nitro groups is 1. The average Bonchev–Trinajstić information content (AvgIpc) is 2.34. The smallest absolute Gasteiger partial charge is 0.293 e. The number of hydrogen-bond acceptors (Lipinski definition) is 6. The Morgan fingerprint density at radius 3 is 2.78 bits per heavy atom. The summed E-state index contributed by atoms with van der Waals surface area (Å²) in [6.45, 7) is 1.64. The Labute approximate surface area is 111 Å². The topological polar surface area (TPSA) is 84.4 Å². The number of hydrogen-bond donors (Lipinski definition) is 2. The van der Waals surface area contributed by atoms with Crippen LogP contribution in [0.1, 0.15) is 6.42 Å².